The fraction of sp³-hybridized carbons (Fsp3) is 0. The van der Waals surface area contributed by atoms with E-state index in [0.29, 0.717) is 17.5 Å². The summed E-state index contributed by atoms with van der Waals surface area (Å²) in [5.74, 6) is 1.64. The van der Waals surface area contributed by atoms with E-state index in [1.807, 2.05) is 59.9 Å². The molecule has 5 aromatic heterocycles. The summed E-state index contributed by atoms with van der Waals surface area (Å²) < 4.78 is 17.7. The van der Waals surface area contributed by atoms with Gasteiger partial charge in [0.1, 0.15) is 22.3 Å². The Morgan fingerprint density at radius 1 is 0.344 bits per heavy atom. The van der Waals surface area contributed by atoms with Crippen LogP contribution in [0.4, 0.5) is 0 Å². The van der Waals surface area contributed by atoms with Crippen molar-refractivity contribution in [3.8, 4) is 51.0 Å². The third-order valence-electron chi connectivity index (χ3n) is 12.6. The highest BCUT2D eigenvalue weighted by atomic mass is 32.1. The highest BCUT2D eigenvalue weighted by Crippen LogP contribution is 2.44. The second kappa shape index (κ2) is 13.6. The lowest BCUT2D eigenvalue weighted by Crippen LogP contribution is -2.02. The quantitative estimate of drug-likeness (QED) is 0.173. The third-order valence-corrected chi connectivity index (χ3v) is 13.8. The van der Waals surface area contributed by atoms with Gasteiger partial charge in [0, 0.05) is 70.2 Å². The molecule has 6 nitrogen and oxygen atoms in total. The minimum atomic E-state index is 0.544. The van der Waals surface area contributed by atoms with Gasteiger partial charge in [0.25, 0.3) is 0 Å². The second-order valence-corrected chi connectivity index (χ2v) is 17.4. The summed E-state index contributed by atoms with van der Waals surface area (Å²) in [5, 5.41) is 9.18. The van der Waals surface area contributed by atoms with Gasteiger partial charge in [-0.25, -0.2) is 15.0 Å². The first-order chi connectivity index (χ1) is 31.7. The molecule has 0 N–H and O–H groups in total. The van der Waals surface area contributed by atoms with E-state index in [-0.39, 0.29) is 0 Å². The Morgan fingerprint density at radius 2 is 0.859 bits per heavy atom. The number of thiophene rings is 1. The molecule has 0 amide bonds. The third kappa shape index (κ3) is 5.35. The summed E-state index contributed by atoms with van der Waals surface area (Å²) in [7, 11) is 0. The van der Waals surface area contributed by atoms with Gasteiger partial charge in [0.2, 0.25) is 0 Å². The number of furan rings is 2. The van der Waals surface area contributed by atoms with E-state index in [1.54, 1.807) is 0 Å². The maximum Gasteiger partial charge on any atom is 0.164 e. The van der Waals surface area contributed by atoms with Gasteiger partial charge < -0.3 is 13.4 Å². The molecule has 298 valence electrons. The van der Waals surface area contributed by atoms with E-state index < -0.39 is 0 Å². The van der Waals surface area contributed by atoms with Crippen LogP contribution in [0.1, 0.15) is 0 Å². The lowest BCUT2D eigenvalue weighted by Gasteiger charge is -2.15. The molecule has 0 bridgehead atoms. The predicted molar refractivity (Wildman–Crippen MR) is 263 cm³/mol. The van der Waals surface area contributed by atoms with Crippen LogP contribution < -0.4 is 0 Å². The van der Waals surface area contributed by atoms with E-state index in [4.69, 9.17) is 23.8 Å². The van der Waals surface area contributed by atoms with Crippen LogP contribution in [0.3, 0.4) is 0 Å². The molecule has 0 aliphatic rings. The molecule has 14 aromatic rings. The molecule has 9 aromatic carbocycles. The lowest BCUT2D eigenvalue weighted by atomic mass is 10.0. The Hall–Kier alpha value is -8.39. The van der Waals surface area contributed by atoms with E-state index >= 15 is 0 Å². The molecule has 64 heavy (non-hydrogen) atoms. The molecule has 14 rings (SSSR count). The van der Waals surface area contributed by atoms with Crippen molar-refractivity contribution in [2.24, 2.45) is 0 Å². The molecule has 0 spiro atoms. The van der Waals surface area contributed by atoms with Crippen molar-refractivity contribution in [3.05, 3.63) is 194 Å². The molecule has 0 saturated heterocycles. The number of benzene rings is 9. The molecular weight excluding hydrogens is 805 g/mol. The van der Waals surface area contributed by atoms with Crippen molar-refractivity contribution >= 4 is 97.2 Å². The first kappa shape index (κ1) is 35.2. The highest BCUT2D eigenvalue weighted by Gasteiger charge is 2.21. The van der Waals surface area contributed by atoms with Crippen molar-refractivity contribution in [2.75, 3.05) is 0 Å². The molecule has 0 fully saturated rings. The zero-order chi connectivity index (χ0) is 41.9. The summed E-state index contributed by atoms with van der Waals surface area (Å²) in [6.07, 6.45) is 0. The molecule has 0 atom stereocenters. The molecule has 7 heteroatoms. The Labute approximate surface area is 368 Å². The van der Waals surface area contributed by atoms with Crippen molar-refractivity contribution in [1.29, 1.82) is 0 Å². The molecule has 0 radical (unpaired) electrons. The van der Waals surface area contributed by atoms with Crippen LogP contribution in [0.5, 0.6) is 0 Å². The van der Waals surface area contributed by atoms with Crippen LogP contribution in [0.2, 0.25) is 0 Å². The minimum absolute atomic E-state index is 0.544. The Morgan fingerprint density at radius 3 is 1.55 bits per heavy atom. The minimum Gasteiger partial charge on any atom is -0.456 e. The van der Waals surface area contributed by atoms with Gasteiger partial charge in [0.05, 0.1) is 15.7 Å². The number of nitrogens with zero attached hydrogens (tertiary/aromatic N) is 4. The van der Waals surface area contributed by atoms with Crippen molar-refractivity contribution < 1.29 is 8.83 Å². The summed E-state index contributed by atoms with van der Waals surface area (Å²) in [6, 6.07) is 68.0. The van der Waals surface area contributed by atoms with Gasteiger partial charge in [-0.3, -0.25) is 0 Å². The first-order valence-electron chi connectivity index (χ1n) is 21.3. The maximum absolute atomic E-state index is 6.38. The van der Waals surface area contributed by atoms with E-state index in [0.717, 1.165) is 82.9 Å². The summed E-state index contributed by atoms with van der Waals surface area (Å²) in [6.45, 7) is 0. The Bertz CT molecular complexity index is 4080. The standard InChI is InChI=1S/C57H32N4O2S/c1-2-12-33(13-3-1)36-28-37(30-38(29-36)61-47-18-8-4-14-39(47)45-26-27-46-44-17-7-11-21-52(44)64-54(46)53(45)61)57-59-55(34-22-24-42-40-15-5-9-19-48(40)62-50(42)31-34)58-56(60-57)35-23-25-43-41-16-6-10-20-49(41)63-51(43)32-35/h1-32H. The normalized spacial score (nSPS) is 12.1. The average molecular weight is 837 g/mol. The van der Waals surface area contributed by atoms with Crippen LogP contribution in [0, 0.1) is 0 Å². The SMILES string of the molecule is c1ccc(-c2cc(-c3nc(-c4ccc5c(c4)oc4ccccc45)nc(-c4ccc5c(c4)oc4ccccc45)n3)cc(-n3c4ccccc4c4ccc5c6ccccc6sc5c43)c2)cc1. The number of fused-ring (bicyclic) bond motifs is 13. The number of hydrogen-bond donors (Lipinski definition) is 0. The number of hydrogen-bond acceptors (Lipinski definition) is 6. The largest absolute Gasteiger partial charge is 0.456 e. The van der Waals surface area contributed by atoms with Crippen molar-refractivity contribution in [1.82, 2.24) is 19.5 Å². The molecule has 0 saturated carbocycles. The van der Waals surface area contributed by atoms with Crippen LogP contribution >= 0.6 is 11.3 Å². The smallest absolute Gasteiger partial charge is 0.164 e. The van der Waals surface area contributed by atoms with Crippen LogP contribution in [0.15, 0.2) is 203 Å². The topological polar surface area (TPSA) is 69.9 Å². The van der Waals surface area contributed by atoms with Gasteiger partial charge in [-0.05, 0) is 77.9 Å². The first-order valence-corrected chi connectivity index (χ1v) is 22.1. The Kier molecular flexibility index (Phi) is 7.46. The molecule has 0 unspecified atom stereocenters. The van der Waals surface area contributed by atoms with E-state index in [2.05, 4.69) is 150 Å². The van der Waals surface area contributed by atoms with Gasteiger partial charge >= 0.3 is 0 Å². The van der Waals surface area contributed by atoms with Crippen LogP contribution in [-0.4, -0.2) is 19.5 Å². The predicted octanol–water partition coefficient (Wildman–Crippen LogP) is 15.8. The van der Waals surface area contributed by atoms with E-state index in [1.165, 1.54) is 36.5 Å². The molecule has 0 aliphatic heterocycles. The maximum atomic E-state index is 6.38. The highest BCUT2D eigenvalue weighted by molar-refractivity contribution is 7.26. The fourth-order valence-corrected chi connectivity index (χ4v) is 10.9. The average Bonchev–Trinajstić information content (AvgIpc) is 4.12. The summed E-state index contributed by atoms with van der Waals surface area (Å²) in [4.78, 5) is 15.8. The van der Waals surface area contributed by atoms with Gasteiger partial charge in [0.15, 0.2) is 17.5 Å². The molecular formula is C57H32N4O2S. The van der Waals surface area contributed by atoms with Crippen molar-refractivity contribution in [3.63, 3.8) is 0 Å². The van der Waals surface area contributed by atoms with Gasteiger partial charge in [-0.1, -0.05) is 127 Å². The van der Waals surface area contributed by atoms with Crippen LogP contribution in [0.25, 0.3) is 137 Å². The van der Waals surface area contributed by atoms with Crippen LogP contribution in [-0.2, 0) is 0 Å². The summed E-state index contributed by atoms with van der Waals surface area (Å²) in [5.41, 5.74) is 11.2. The molecule has 0 aliphatic carbocycles. The van der Waals surface area contributed by atoms with Crippen molar-refractivity contribution in [2.45, 2.75) is 0 Å². The van der Waals surface area contributed by atoms with Gasteiger partial charge in [-0.2, -0.15) is 0 Å². The number of para-hydroxylation sites is 3. The Balaban J connectivity index is 1.04. The number of aromatic nitrogens is 4. The summed E-state index contributed by atoms with van der Waals surface area (Å²) >= 11 is 1.85. The fourth-order valence-electron chi connectivity index (χ4n) is 9.66. The molecule has 5 heterocycles. The van der Waals surface area contributed by atoms with E-state index in [9.17, 15) is 0 Å². The lowest BCUT2D eigenvalue weighted by molar-refractivity contribution is 0.668. The number of rotatable bonds is 5. The monoisotopic (exact) mass is 836 g/mol. The zero-order valence-electron chi connectivity index (χ0n) is 34.0. The zero-order valence-corrected chi connectivity index (χ0v) is 34.8. The van der Waals surface area contributed by atoms with Gasteiger partial charge in [-0.15, -0.1) is 11.3 Å². The second-order valence-electron chi connectivity index (χ2n) is 16.3.